The highest BCUT2D eigenvalue weighted by Gasteiger charge is 2.18. The molecule has 0 radical (unpaired) electrons. The molecule has 0 saturated carbocycles. The van der Waals surface area contributed by atoms with Gasteiger partial charge in [-0.15, -0.1) is 0 Å². The second-order valence-corrected chi connectivity index (χ2v) is 15.6. The highest BCUT2D eigenvalue weighted by molar-refractivity contribution is 8.76. The fourth-order valence-corrected chi connectivity index (χ4v) is 8.91. The summed E-state index contributed by atoms with van der Waals surface area (Å²) in [5.41, 5.74) is 12.1. The largest absolute Gasteiger partial charge is 0.374 e. The Morgan fingerprint density at radius 2 is 1.19 bits per heavy atom. The maximum Gasteiger partial charge on any atom is 0.212 e. The molecule has 2 aromatic heterocycles. The van der Waals surface area contributed by atoms with Crippen LogP contribution in [-0.2, 0) is 20.5 Å². The van der Waals surface area contributed by atoms with Crippen molar-refractivity contribution in [1.29, 1.82) is 0 Å². The molecule has 0 fully saturated rings. The molecule has 0 spiro atoms. The molecule has 3 aliphatic carbocycles. The van der Waals surface area contributed by atoms with Gasteiger partial charge in [0.1, 0.15) is 14.1 Å². The lowest BCUT2D eigenvalue weighted by atomic mass is 9.99. The average Bonchev–Trinajstić information content (AvgIpc) is 3.13. The van der Waals surface area contributed by atoms with E-state index in [1.807, 2.05) is 21.6 Å². The number of hydrogen-bond acceptors (Lipinski definition) is 4. The number of para-hydroxylation sites is 1. The van der Waals surface area contributed by atoms with Crippen molar-refractivity contribution < 1.29 is 9.13 Å². The minimum absolute atomic E-state index is 1.04. The molecule has 6 rings (SSSR count). The molecule has 3 aliphatic rings. The lowest BCUT2D eigenvalue weighted by molar-refractivity contribution is -0.681. The molecular weight excluding hydrogens is 625 g/mol. The molecule has 0 unspecified atom stereocenters. The van der Waals surface area contributed by atoms with Crippen LogP contribution in [0.5, 0.6) is 0 Å². The SMILES string of the molecule is CN(CCSSCCN(C)C1=C(/C=C/c2ccc3ccccc3[n+]2C)CCC=C1)C1=C(/C=C/c2ccc3c([n+]2C)CCC=C3)CCC=C1. The van der Waals surface area contributed by atoms with E-state index in [1.165, 1.54) is 56.1 Å². The number of aromatic nitrogens is 2. The van der Waals surface area contributed by atoms with E-state index in [0.717, 1.165) is 63.1 Å². The van der Waals surface area contributed by atoms with E-state index in [1.54, 1.807) is 0 Å². The van der Waals surface area contributed by atoms with Crippen molar-refractivity contribution in [3.8, 4) is 0 Å². The van der Waals surface area contributed by atoms with Crippen molar-refractivity contribution in [3.63, 3.8) is 0 Å². The van der Waals surface area contributed by atoms with Crippen molar-refractivity contribution in [3.05, 3.63) is 136 Å². The van der Waals surface area contributed by atoms with Crippen LogP contribution in [0.25, 0.3) is 29.1 Å². The van der Waals surface area contributed by atoms with Gasteiger partial charge < -0.3 is 9.80 Å². The minimum atomic E-state index is 1.04. The van der Waals surface area contributed by atoms with Crippen LogP contribution in [0.2, 0.25) is 0 Å². The van der Waals surface area contributed by atoms with Crippen LogP contribution in [0.4, 0.5) is 0 Å². The normalized spacial score (nSPS) is 16.2. The first-order chi connectivity index (χ1) is 23.5. The molecule has 0 saturated heterocycles. The number of pyridine rings is 2. The fourth-order valence-electron chi connectivity index (χ4n) is 6.82. The highest BCUT2D eigenvalue weighted by atomic mass is 33.1. The second-order valence-electron chi connectivity index (χ2n) is 12.9. The Balaban J connectivity index is 0.994. The van der Waals surface area contributed by atoms with Gasteiger partial charge in [-0.1, -0.05) is 70.2 Å². The molecule has 6 heteroatoms. The Bertz CT molecular complexity index is 1840. The monoisotopic (exact) mass is 674 g/mol. The van der Waals surface area contributed by atoms with Crippen LogP contribution < -0.4 is 9.13 Å². The number of aryl methyl sites for hydroxylation is 1. The van der Waals surface area contributed by atoms with Crippen LogP contribution in [-0.4, -0.2) is 48.5 Å². The van der Waals surface area contributed by atoms with Crippen molar-refractivity contribution >= 4 is 50.7 Å². The van der Waals surface area contributed by atoms with E-state index in [2.05, 4.69) is 156 Å². The van der Waals surface area contributed by atoms with E-state index in [0.29, 0.717) is 0 Å². The number of rotatable bonds is 13. The van der Waals surface area contributed by atoms with Gasteiger partial charge in [-0.25, -0.2) is 0 Å². The first-order valence-electron chi connectivity index (χ1n) is 17.4. The van der Waals surface area contributed by atoms with Gasteiger partial charge in [0.2, 0.25) is 16.9 Å². The number of nitrogens with zero attached hydrogens (tertiary/aromatic N) is 4. The molecule has 0 aliphatic heterocycles. The zero-order valence-corrected chi connectivity index (χ0v) is 30.7. The molecule has 1 aromatic carbocycles. The highest BCUT2D eigenvalue weighted by Crippen LogP contribution is 2.28. The third-order valence-corrected chi connectivity index (χ3v) is 12.1. The molecule has 2 heterocycles. The zero-order valence-electron chi connectivity index (χ0n) is 29.1. The number of fused-ring (bicyclic) bond motifs is 2. The Labute approximate surface area is 296 Å². The summed E-state index contributed by atoms with van der Waals surface area (Å²) in [4.78, 5) is 4.88. The summed E-state index contributed by atoms with van der Waals surface area (Å²) in [7, 11) is 12.8. The number of likely N-dealkylation sites (N-methyl/N-ethyl adjacent to an activating group) is 2. The molecule has 0 bridgehead atoms. The summed E-state index contributed by atoms with van der Waals surface area (Å²) in [6, 6.07) is 17.5. The summed E-state index contributed by atoms with van der Waals surface area (Å²) in [5.74, 6) is 2.20. The zero-order chi connectivity index (χ0) is 33.3. The van der Waals surface area contributed by atoms with Gasteiger partial charge in [0.25, 0.3) is 0 Å². The number of hydrogen-bond donors (Lipinski definition) is 0. The second kappa shape index (κ2) is 16.6. The van der Waals surface area contributed by atoms with E-state index in [4.69, 9.17) is 0 Å². The minimum Gasteiger partial charge on any atom is -0.374 e. The van der Waals surface area contributed by atoms with E-state index in [9.17, 15) is 0 Å². The molecule has 48 heavy (non-hydrogen) atoms. The Hall–Kier alpha value is -3.74. The lowest BCUT2D eigenvalue weighted by Crippen LogP contribution is -2.38. The molecule has 3 aromatic rings. The van der Waals surface area contributed by atoms with Gasteiger partial charge in [-0.05, 0) is 73.6 Å². The summed E-state index contributed by atoms with van der Waals surface area (Å²) in [6.07, 6.45) is 29.8. The molecule has 0 N–H and O–H groups in total. The van der Waals surface area contributed by atoms with Crippen LogP contribution >= 0.6 is 21.6 Å². The predicted octanol–water partition coefficient (Wildman–Crippen LogP) is 8.63. The predicted molar refractivity (Wildman–Crippen MR) is 209 cm³/mol. The Kier molecular flexibility index (Phi) is 11.8. The Morgan fingerprint density at radius 1 is 0.625 bits per heavy atom. The van der Waals surface area contributed by atoms with Crippen molar-refractivity contribution in [2.45, 2.75) is 38.5 Å². The summed E-state index contributed by atoms with van der Waals surface area (Å²) >= 11 is 0. The number of allylic oxidation sites excluding steroid dienone is 9. The molecular formula is C42H50N4S2+2. The maximum absolute atomic E-state index is 2.44. The fraction of sp³-hybridized carbons (Fsp3) is 0.333. The number of benzene rings is 1. The summed E-state index contributed by atoms with van der Waals surface area (Å²) in [5, 5.41) is 1.27. The molecule has 248 valence electrons. The Morgan fingerprint density at radius 3 is 1.85 bits per heavy atom. The van der Waals surface area contributed by atoms with Crippen LogP contribution in [0.15, 0.2) is 114 Å². The lowest BCUT2D eigenvalue weighted by Gasteiger charge is -2.26. The first kappa shape index (κ1) is 34.1. The molecule has 4 nitrogen and oxygen atoms in total. The third-order valence-electron chi connectivity index (χ3n) is 9.73. The van der Waals surface area contributed by atoms with Gasteiger partial charge in [0, 0.05) is 97.8 Å². The van der Waals surface area contributed by atoms with E-state index < -0.39 is 0 Å². The van der Waals surface area contributed by atoms with Crippen LogP contribution in [0, 0.1) is 0 Å². The van der Waals surface area contributed by atoms with Crippen molar-refractivity contribution in [2.75, 3.05) is 38.7 Å². The first-order valence-corrected chi connectivity index (χ1v) is 19.9. The van der Waals surface area contributed by atoms with Gasteiger partial charge in [-0.2, -0.15) is 9.13 Å². The topological polar surface area (TPSA) is 14.2 Å². The van der Waals surface area contributed by atoms with Gasteiger partial charge in [0.05, 0.1) is 0 Å². The maximum atomic E-state index is 2.44. The van der Waals surface area contributed by atoms with Crippen molar-refractivity contribution in [1.82, 2.24) is 9.80 Å². The summed E-state index contributed by atoms with van der Waals surface area (Å²) in [6.45, 7) is 2.08. The van der Waals surface area contributed by atoms with Gasteiger partial charge in [0.15, 0.2) is 5.69 Å². The smallest absolute Gasteiger partial charge is 0.212 e. The van der Waals surface area contributed by atoms with Gasteiger partial charge in [-0.3, -0.25) is 0 Å². The van der Waals surface area contributed by atoms with E-state index >= 15 is 0 Å². The van der Waals surface area contributed by atoms with Crippen LogP contribution in [0.3, 0.4) is 0 Å². The summed E-state index contributed by atoms with van der Waals surface area (Å²) < 4.78 is 4.65. The van der Waals surface area contributed by atoms with Crippen LogP contribution in [0.1, 0.15) is 54.7 Å². The van der Waals surface area contributed by atoms with Gasteiger partial charge >= 0.3 is 0 Å². The average molecular weight is 675 g/mol. The molecule has 0 amide bonds. The quantitative estimate of drug-likeness (QED) is 0.102. The standard InChI is InChI=1S/C42H50N4S2/c1-43(39-17-9-5-13-33(39)21-25-37-27-23-35-15-7-11-19-41(35)45(37)3)29-31-47-48-32-30-44(2)40-18-10-6-14-34(40)22-26-38-28-24-36-16-8-12-20-42(36)46(38)4/h7-11,15-19,21-28H,5-6,12-14,20,29-32H2,1-4H3/q+2. The molecule has 0 atom stereocenters. The third kappa shape index (κ3) is 8.27. The van der Waals surface area contributed by atoms with Crippen molar-refractivity contribution in [2.24, 2.45) is 14.1 Å². The van der Waals surface area contributed by atoms with E-state index in [-0.39, 0.29) is 0 Å².